The first-order valence-electron chi connectivity index (χ1n) is 8.07. The molecule has 2 nitrogen and oxygen atoms in total. The summed E-state index contributed by atoms with van der Waals surface area (Å²) in [6.07, 6.45) is 6.89. The summed E-state index contributed by atoms with van der Waals surface area (Å²) < 4.78 is 5.45. The number of rotatable bonds is 5. The first kappa shape index (κ1) is 13.9. The standard InChI is InChI=1S/C18H27NO/c1-12-10-18(20-3)13(2)9-17(12)16-6-4-5-14(16)11-19-15-7-8-15/h9-10,14-16,19H,4-8,11H2,1-3H3. The third-order valence-electron chi connectivity index (χ3n) is 5.09. The van der Waals surface area contributed by atoms with Crippen molar-refractivity contribution in [2.45, 2.75) is 57.9 Å². The zero-order valence-corrected chi connectivity index (χ0v) is 13.0. The molecule has 2 saturated carbocycles. The van der Waals surface area contributed by atoms with Crippen LogP contribution in [0.2, 0.25) is 0 Å². The summed E-state index contributed by atoms with van der Waals surface area (Å²) >= 11 is 0. The molecule has 1 aromatic carbocycles. The Labute approximate surface area is 122 Å². The number of nitrogens with one attached hydrogen (secondary N) is 1. The van der Waals surface area contributed by atoms with Crippen LogP contribution < -0.4 is 10.1 Å². The predicted octanol–water partition coefficient (Wildman–Crippen LogP) is 3.95. The second kappa shape index (κ2) is 5.77. The number of methoxy groups -OCH3 is 1. The second-order valence-electron chi connectivity index (χ2n) is 6.66. The van der Waals surface area contributed by atoms with E-state index in [-0.39, 0.29) is 0 Å². The fourth-order valence-electron chi connectivity index (χ4n) is 3.73. The lowest BCUT2D eigenvalue weighted by molar-refractivity contribution is 0.409. The molecule has 2 atom stereocenters. The molecule has 0 bridgehead atoms. The van der Waals surface area contributed by atoms with Crippen LogP contribution >= 0.6 is 0 Å². The van der Waals surface area contributed by atoms with Crippen LogP contribution in [0.1, 0.15) is 54.7 Å². The molecule has 0 amide bonds. The van der Waals surface area contributed by atoms with Gasteiger partial charge in [0.1, 0.15) is 5.75 Å². The van der Waals surface area contributed by atoms with Gasteiger partial charge in [-0.15, -0.1) is 0 Å². The third kappa shape index (κ3) is 2.85. The van der Waals surface area contributed by atoms with Crippen LogP contribution in [0, 0.1) is 19.8 Å². The van der Waals surface area contributed by atoms with Crippen LogP contribution in [0.4, 0.5) is 0 Å². The van der Waals surface area contributed by atoms with E-state index in [2.05, 4.69) is 31.3 Å². The van der Waals surface area contributed by atoms with Gasteiger partial charge in [-0.2, -0.15) is 0 Å². The van der Waals surface area contributed by atoms with Crippen LogP contribution in [-0.4, -0.2) is 19.7 Å². The molecule has 2 aliphatic carbocycles. The van der Waals surface area contributed by atoms with Crippen molar-refractivity contribution in [3.8, 4) is 5.75 Å². The van der Waals surface area contributed by atoms with Gasteiger partial charge in [0.25, 0.3) is 0 Å². The molecule has 0 spiro atoms. The highest BCUT2D eigenvalue weighted by atomic mass is 16.5. The van der Waals surface area contributed by atoms with E-state index in [1.54, 1.807) is 12.7 Å². The van der Waals surface area contributed by atoms with Crippen LogP contribution in [-0.2, 0) is 0 Å². The van der Waals surface area contributed by atoms with Gasteiger partial charge in [0.15, 0.2) is 0 Å². The van der Waals surface area contributed by atoms with Gasteiger partial charge in [-0.05, 0) is 80.7 Å². The van der Waals surface area contributed by atoms with Crippen molar-refractivity contribution in [2.24, 2.45) is 5.92 Å². The Balaban J connectivity index is 1.77. The highest BCUT2D eigenvalue weighted by molar-refractivity contribution is 5.43. The summed E-state index contributed by atoms with van der Waals surface area (Å²) in [5.41, 5.74) is 4.23. The molecule has 2 heteroatoms. The van der Waals surface area contributed by atoms with Crippen molar-refractivity contribution in [1.82, 2.24) is 5.32 Å². The molecule has 3 rings (SSSR count). The fraction of sp³-hybridized carbons (Fsp3) is 0.667. The van der Waals surface area contributed by atoms with Gasteiger partial charge in [0.05, 0.1) is 7.11 Å². The van der Waals surface area contributed by atoms with Gasteiger partial charge in [-0.3, -0.25) is 0 Å². The van der Waals surface area contributed by atoms with Crippen molar-refractivity contribution in [2.75, 3.05) is 13.7 Å². The average Bonchev–Trinajstić information content (AvgIpc) is 3.16. The van der Waals surface area contributed by atoms with E-state index in [9.17, 15) is 0 Å². The highest BCUT2D eigenvalue weighted by Crippen LogP contribution is 2.42. The summed E-state index contributed by atoms with van der Waals surface area (Å²) in [6.45, 7) is 5.61. The largest absolute Gasteiger partial charge is 0.496 e. The number of aryl methyl sites for hydroxylation is 2. The van der Waals surface area contributed by atoms with E-state index in [1.807, 2.05) is 0 Å². The molecule has 2 aliphatic rings. The number of ether oxygens (including phenoxy) is 1. The van der Waals surface area contributed by atoms with E-state index in [0.29, 0.717) is 0 Å². The Kier molecular flexibility index (Phi) is 4.02. The quantitative estimate of drug-likeness (QED) is 0.877. The van der Waals surface area contributed by atoms with Crippen LogP contribution in [0.15, 0.2) is 12.1 Å². The smallest absolute Gasteiger partial charge is 0.122 e. The van der Waals surface area contributed by atoms with E-state index in [4.69, 9.17) is 4.74 Å². The lowest BCUT2D eigenvalue weighted by Crippen LogP contribution is -2.26. The zero-order valence-electron chi connectivity index (χ0n) is 13.0. The third-order valence-corrected chi connectivity index (χ3v) is 5.09. The predicted molar refractivity (Wildman–Crippen MR) is 83.6 cm³/mol. The van der Waals surface area contributed by atoms with Crippen LogP contribution in [0.5, 0.6) is 5.75 Å². The van der Waals surface area contributed by atoms with E-state index in [0.717, 1.165) is 23.6 Å². The maximum Gasteiger partial charge on any atom is 0.122 e. The minimum absolute atomic E-state index is 0.742. The number of benzene rings is 1. The highest BCUT2D eigenvalue weighted by Gasteiger charge is 2.31. The molecule has 1 N–H and O–H groups in total. The van der Waals surface area contributed by atoms with Crippen molar-refractivity contribution in [3.05, 3.63) is 28.8 Å². The zero-order chi connectivity index (χ0) is 14.1. The molecular formula is C18H27NO. The van der Waals surface area contributed by atoms with E-state index < -0.39 is 0 Å². The Morgan fingerprint density at radius 1 is 1.10 bits per heavy atom. The molecule has 2 fully saturated rings. The van der Waals surface area contributed by atoms with Gasteiger partial charge in [-0.25, -0.2) is 0 Å². The monoisotopic (exact) mass is 273 g/mol. The van der Waals surface area contributed by atoms with Crippen molar-refractivity contribution in [1.29, 1.82) is 0 Å². The fourth-order valence-corrected chi connectivity index (χ4v) is 3.73. The molecule has 110 valence electrons. The van der Waals surface area contributed by atoms with Gasteiger partial charge < -0.3 is 10.1 Å². The molecular weight excluding hydrogens is 246 g/mol. The first-order valence-corrected chi connectivity index (χ1v) is 8.07. The summed E-state index contributed by atoms with van der Waals surface area (Å²) in [7, 11) is 1.76. The Bertz CT molecular complexity index is 479. The molecule has 2 unspecified atom stereocenters. The van der Waals surface area contributed by atoms with Crippen LogP contribution in [0.3, 0.4) is 0 Å². The average molecular weight is 273 g/mol. The second-order valence-corrected chi connectivity index (χ2v) is 6.66. The van der Waals surface area contributed by atoms with Crippen LogP contribution in [0.25, 0.3) is 0 Å². The van der Waals surface area contributed by atoms with Gasteiger partial charge in [0, 0.05) is 6.04 Å². The summed E-state index contributed by atoms with van der Waals surface area (Å²) in [6, 6.07) is 5.41. The molecule has 0 saturated heterocycles. The summed E-state index contributed by atoms with van der Waals surface area (Å²) in [5.74, 6) is 2.59. The Morgan fingerprint density at radius 3 is 2.60 bits per heavy atom. The molecule has 1 aromatic rings. The van der Waals surface area contributed by atoms with E-state index >= 15 is 0 Å². The summed E-state index contributed by atoms with van der Waals surface area (Å²) in [4.78, 5) is 0. The lowest BCUT2D eigenvalue weighted by atomic mass is 9.85. The molecule has 0 heterocycles. The summed E-state index contributed by atoms with van der Waals surface area (Å²) in [5, 5.41) is 3.73. The minimum atomic E-state index is 0.742. The lowest BCUT2D eigenvalue weighted by Gasteiger charge is -2.23. The minimum Gasteiger partial charge on any atom is -0.496 e. The Morgan fingerprint density at radius 2 is 1.90 bits per heavy atom. The van der Waals surface area contributed by atoms with Crippen molar-refractivity contribution >= 4 is 0 Å². The number of hydrogen-bond donors (Lipinski definition) is 1. The van der Waals surface area contributed by atoms with Crippen molar-refractivity contribution in [3.63, 3.8) is 0 Å². The maximum absolute atomic E-state index is 5.45. The first-order chi connectivity index (χ1) is 9.69. The van der Waals surface area contributed by atoms with Gasteiger partial charge in [0.2, 0.25) is 0 Å². The molecule has 0 aromatic heterocycles. The SMILES string of the molecule is COc1cc(C)c(C2CCCC2CNC2CC2)cc1C. The van der Waals surface area contributed by atoms with Crippen molar-refractivity contribution < 1.29 is 4.74 Å². The maximum atomic E-state index is 5.45. The number of hydrogen-bond acceptors (Lipinski definition) is 2. The van der Waals surface area contributed by atoms with Gasteiger partial charge >= 0.3 is 0 Å². The van der Waals surface area contributed by atoms with E-state index in [1.165, 1.54) is 49.8 Å². The van der Waals surface area contributed by atoms with Gasteiger partial charge in [-0.1, -0.05) is 12.5 Å². The normalized spacial score (nSPS) is 25.9. The molecule has 20 heavy (non-hydrogen) atoms. The Hall–Kier alpha value is -1.02. The topological polar surface area (TPSA) is 21.3 Å². The molecule has 0 aliphatic heterocycles. The molecule has 0 radical (unpaired) electrons.